The van der Waals surface area contributed by atoms with Gasteiger partial charge >= 0.3 is 0 Å². The topological polar surface area (TPSA) is 9.23 Å². The molecular formula is C7H13O. The summed E-state index contributed by atoms with van der Waals surface area (Å²) in [5.74, 6) is 0. The van der Waals surface area contributed by atoms with E-state index in [1.54, 1.807) is 6.08 Å². The van der Waals surface area contributed by atoms with Gasteiger partial charge in [-0.3, -0.25) is 0 Å². The summed E-state index contributed by atoms with van der Waals surface area (Å²) < 4.78 is 5.07. The molecule has 0 saturated heterocycles. The summed E-state index contributed by atoms with van der Waals surface area (Å²) in [6, 6.07) is 0. The summed E-state index contributed by atoms with van der Waals surface area (Å²) in [5.41, 5.74) is 0. The fraction of sp³-hybridized carbons (Fsp3) is 0.571. The maximum absolute atomic E-state index is 5.07. The Labute approximate surface area is 51.4 Å². The average molecular weight is 113 g/mol. The lowest BCUT2D eigenvalue weighted by atomic mass is 10.4. The van der Waals surface area contributed by atoms with Crippen LogP contribution in [0.25, 0.3) is 0 Å². The fourth-order valence-electron chi connectivity index (χ4n) is 0.371. The lowest BCUT2D eigenvalue weighted by Gasteiger charge is -1.95. The number of hydrogen-bond donors (Lipinski definition) is 0. The first-order valence-corrected chi connectivity index (χ1v) is 2.89. The molecule has 0 aromatic heterocycles. The van der Waals surface area contributed by atoms with E-state index in [0.717, 1.165) is 19.4 Å². The van der Waals surface area contributed by atoms with Gasteiger partial charge in [-0.25, -0.2) is 0 Å². The van der Waals surface area contributed by atoms with Crippen LogP contribution >= 0.6 is 0 Å². The molecule has 0 saturated carbocycles. The normalized spacial score (nSPS) is 9.12. The van der Waals surface area contributed by atoms with Crippen molar-refractivity contribution in [3.05, 3.63) is 19.6 Å². The summed E-state index contributed by atoms with van der Waals surface area (Å²) in [4.78, 5) is 0. The Morgan fingerprint density at radius 3 is 2.75 bits per heavy atom. The molecule has 0 aliphatic carbocycles. The molecule has 0 N–H and O–H groups in total. The molecule has 1 heteroatoms. The van der Waals surface area contributed by atoms with Gasteiger partial charge in [0.1, 0.15) is 0 Å². The molecule has 0 aliphatic rings. The monoisotopic (exact) mass is 113 g/mol. The zero-order valence-electron chi connectivity index (χ0n) is 5.23. The van der Waals surface area contributed by atoms with E-state index in [-0.39, 0.29) is 0 Å². The van der Waals surface area contributed by atoms with Crippen molar-refractivity contribution in [1.29, 1.82) is 0 Å². The zero-order valence-corrected chi connectivity index (χ0v) is 5.23. The predicted octanol–water partition coefficient (Wildman–Crippen LogP) is 1.80. The number of hydrogen-bond acceptors (Lipinski definition) is 1. The average Bonchev–Trinajstić information content (AvgIpc) is 1.81. The lowest BCUT2D eigenvalue weighted by molar-refractivity contribution is 0.160. The maximum Gasteiger partial charge on any atom is 0.0644 e. The van der Waals surface area contributed by atoms with Crippen LogP contribution in [-0.4, -0.2) is 13.2 Å². The summed E-state index contributed by atoms with van der Waals surface area (Å²) in [6.07, 6.45) is 3.76. The second-order valence-electron chi connectivity index (χ2n) is 1.57. The molecule has 0 aromatic carbocycles. The smallest absolute Gasteiger partial charge is 0.0644 e. The van der Waals surface area contributed by atoms with Gasteiger partial charge in [0.2, 0.25) is 0 Å². The van der Waals surface area contributed by atoms with Crippen LogP contribution in [0.4, 0.5) is 0 Å². The predicted molar refractivity (Wildman–Crippen MR) is 35.6 cm³/mol. The molecule has 1 radical (unpaired) electrons. The molecule has 8 heavy (non-hydrogen) atoms. The molecule has 0 fully saturated rings. The maximum atomic E-state index is 5.07. The minimum atomic E-state index is 0.667. The summed E-state index contributed by atoms with van der Waals surface area (Å²) in [5, 5.41) is 0. The van der Waals surface area contributed by atoms with E-state index >= 15 is 0 Å². The van der Waals surface area contributed by atoms with Gasteiger partial charge in [-0.15, -0.1) is 6.58 Å². The lowest BCUT2D eigenvalue weighted by Crippen LogP contribution is -1.92. The molecule has 0 bridgehead atoms. The second kappa shape index (κ2) is 6.70. The Bertz CT molecular complexity index is 50.3. The van der Waals surface area contributed by atoms with Gasteiger partial charge in [0.25, 0.3) is 0 Å². The van der Waals surface area contributed by atoms with Gasteiger partial charge in [-0.2, -0.15) is 0 Å². The molecule has 47 valence electrons. The van der Waals surface area contributed by atoms with Crippen LogP contribution in [-0.2, 0) is 4.74 Å². The highest BCUT2D eigenvalue weighted by Gasteiger charge is 1.80. The second-order valence-corrected chi connectivity index (χ2v) is 1.57. The number of rotatable bonds is 5. The minimum absolute atomic E-state index is 0.667. The van der Waals surface area contributed by atoms with Crippen molar-refractivity contribution < 1.29 is 4.74 Å². The Morgan fingerprint density at radius 1 is 1.50 bits per heavy atom. The number of unbranched alkanes of at least 4 members (excludes halogenated alkanes) is 1. The standard InChI is InChI=1S/C7H13O/c1-3-5-7-8-6-4-2/h4H,1-3,5-7H2. The van der Waals surface area contributed by atoms with Crippen molar-refractivity contribution in [3.8, 4) is 0 Å². The highest BCUT2D eigenvalue weighted by atomic mass is 16.5. The van der Waals surface area contributed by atoms with Crippen molar-refractivity contribution >= 4 is 0 Å². The van der Waals surface area contributed by atoms with Crippen molar-refractivity contribution in [2.75, 3.05) is 13.2 Å². The van der Waals surface area contributed by atoms with E-state index in [0.29, 0.717) is 6.61 Å². The van der Waals surface area contributed by atoms with Gasteiger partial charge in [0, 0.05) is 6.61 Å². The van der Waals surface area contributed by atoms with Gasteiger partial charge < -0.3 is 4.74 Å². The zero-order chi connectivity index (χ0) is 6.24. The molecule has 0 aromatic rings. The fourth-order valence-corrected chi connectivity index (χ4v) is 0.371. The Morgan fingerprint density at radius 2 is 2.25 bits per heavy atom. The van der Waals surface area contributed by atoms with Gasteiger partial charge in [0.15, 0.2) is 0 Å². The molecule has 1 nitrogen and oxygen atoms in total. The van der Waals surface area contributed by atoms with Crippen molar-refractivity contribution in [3.63, 3.8) is 0 Å². The van der Waals surface area contributed by atoms with E-state index in [4.69, 9.17) is 4.74 Å². The van der Waals surface area contributed by atoms with E-state index < -0.39 is 0 Å². The van der Waals surface area contributed by atoms with E-state index in [1.165, 1.54) is 0 Å². The summed E-state index contributed by atoms with van der Waals surface area (Å²) in [7, 11) is 0. The van der Waals surface area contributed by atoms with E-state index in [2.05, 4.69) is 13.5 Å². The van der Waals surface area contributed by atoms with Crippen LogP contribution in [0.5, 0.6) is 0 Å². The quantitative estimate of drug-likeness (QED) is 0.390. The third kappa shape index (κ3) is 5.70. The van der Waals surface area contributed by atoms with Gasteiger partial charge in [-0.1, -0.05) is 19.4 Å². The van der Waals surface area contributed by atoms with Crippen molar-refractivity contribution in [2.45, 2.75) is 12.8 Å². The van der Waals surface area contributed by atoms with Crippen LogP contribution in [0, 0.1) is 6.92 Å². The van der Waals surface area contributed by atoms with E-state index in [9.17, 15) is 0 Å². The Kier molecular flexibility index (Phi) is 6.45. The molecule has 0 amide bonds. The van der Waals surface area contributed by atoms with Gasteiger partial charge in [0.05, 0.1) is 6.61 Å². The van der Waals surface area contributed by atoms with Crippen LogP contribution < -0.4 is 0 Å². The molecular weight excluding hydrogens is 100 g/mol. The molecule has 0 rings (SSSR count). The van der Waals surface area contributed by atoms with Crippen LogP contribution in [0.3, 0.4) is 0 Å². The molecule has 0 unspecified atom stereocenters. The van der Waals surface area contributed by atoms with Crippen LogP contribution in [0.15, 0.2) is 12.7 Å². The largest absolute Gasteiger partial charge is 0.377 e. The number of ether oxygens (including phenoxy) is 1. The van der Waals surface area contributed by atoms with Crippen molar-refractivity contribution in [1.82, 2.24) is 0 Å². The van der Waals surface area contributed by atoms with Crippen LogP contribution in [0.2, 0.25) is 0 Å². The first-order chi connectivity index (χ1) is 3.91. The summed E-state index contributed by atoms with van der Waals surface area (Å²) >= 11 is 0. The molecule has 0 atom stereocenters. The van der Waals surface area contributed by atoms with Gasteiger partial charge in [-0.05, 0) is 6.42 Å². The third-order valence-electron chi connectivity index (χ3n) is 0.774. The molecule has 0 spiro atoms. The minimum Gasteiger partial charge on any atom is -0.377 e. The van der Waals surface area contributed by atoms with Crippen LogP contribution in [0.1, 0.15) is 12.8 Å². The highest BCUT2D eigenvalue weighted by molar-refractivity contribution is 4.63. The highest BCUT2D eigenvalue weighted by Crippen LogP contribution is 1.86. The molecule has 0 heterocycles. The SMILES string of the molecule is [CH2]CCCOCC=C. The Hall–Kier alpha value is -0.300. The first kappa shape index (κ1) is 7.70. The first-order valence-electron chi connectivity index (χ1n) is 2.89. The third-order valence-corrected chi connectivity index (χ3v) is 0.774. The van der Waals surface area contributed by atoms with Crippen molar-refractivity contribution in [2.24, 2.45) is 0 Å². The van der Waals surface area contributed by atoms with E-state index in [1.807, 2.05) is 0 Å². The molecule has 0 aliphatic heterocycles. The summed E-state index contributed by atoms with van der Waals surface area (Å²) in [6.45, 7) is 8.68. The Balaban J connectivity index is 2.62.